The molecule has 8 nitrogen and oxygen atoms in total. The fourth-order valence-corrected chi connectivity index (χ4v) is 7.71. The maximum atomic E-state index is 14.6. The van der Waals surface area contributed by atoms with E-state index in [1.54, 1.807) is 37.4 Å². The van der Waals surface area contributed by atoms with Crippen LogP contribution in [-0.4, -0.2) is 80.9 Å². The number of ether oxygens (including phenoxy) is 1. The molecule has 2 saturated heterocycles. The van der Waals surface area contributed by atoms with Crippen LogP contribution in [0.4, 0.5) is 13.2 Å². The molecule has 6 rings (SSSR count). The molecule has 1 atom stereocenters. The number of nitrogens with one attached hydrogen (secondary N) is 1. The number of alkyl halides is 3. The van der Waals surface area contributed by atoms with Gasteiger partial charge >= 0.3 is 6.18 Å². The number of halogens is 3. The van der Waals surface area contributed by atoms with Crippen LogP contribution in [0.15, 0.2) is 77.7 Å². The van der Waals surface area contributed by atoms with Crippen LogP contribution in [0.25, 0.3) is 22.2 Å². The normalized spacial score (nSPS) is 17.6. The standard InChI is InChI=1S/C37H41F3N4O4S/c1-48-28-13-11-25(12-14-28)34-31(24-43-21-17-27(18-22-43)44-19-7-4-8-20-44)33(30-23-29(49(2,46)47)15-16-32(30)41-34)36(45)42-35(37(38,39)40)26-9-5-3-6-10-26/h3,5-6,9-16,23,27,35H,4,7-8,17-22,24H2,1-2H3,(H,42,45). The van der Waals surface area contributed by atoms with Crippen LogP contribution in [0.5, 0.6) is 5.75 Å². The molecule has 1 aromatic heterocycles. The molecule has 4 aromatic rings. The molecule has 0 bridgehead atoms. The van der Waals surface area contributed by atoms with Crippen LogP contribution in [0.3, 0.4) is 0 Å². The number of benzene rings is 3. The van der Waals surface area contributed by atoms with Crippen molar-refractivity contribution in [2.45, 2.75) is 61.8 Å². The van der Waals surface area contributed by atoms with E-state index in [-0.39, 0.29) is 28.0 Å². The molecule has 1 N–H and O–H groups in total. The lowest BCUT2D eigenvalue weighted by Gasteiger charge is -2.40. The molecule has 0 radical (unpaired) electrons. The van der Waals surface area contributed by atoms with Gasteiger partial charge in [-0.1, -0.05) is 36.8 Å². The van der Waals surface area contributed by atoms with Gasteiger partial charge in [0.15, 0.2) is 15.9 Å². The number of carbonyl (C=O) groups excluding carboxylic acids is 1. The van der Waals surface area contributed by atoms with E-state index in [1.165, 1.54) is 61.7 Å². The van der Waals surface area contributed by atoms with Crippen LogP contribution >= 0.6 is 0 Å². The number of methoxy groups -OCH3 is 1. The fraction of sp³-hybridized carbons (Fsp3) is 0.405. The van der Waals surface area contributed by atoms with Crippen LogP contribution in [0.2, 0.25) is 0 Å². The molecular weight excluding hydrogens is 653 g/mol. The average Bonchev–Trinajstić information content (AvgIpc) is 3.10. The van der Waals surface area contributed by atoms with Crippen LogP contribution < -0.4 is 10.1 Å². The maximum absolute atomic E-state index is 14.6. The predicted octanol–water partition coefficient (Wildman–Crippen LogP) is 6.80. The van der Waals surface area contributed by atoms with Gasteiger partial charge in [-0.05, 0) is 99.9 Å². The molecule has 0 spiro atoms. The highest BCUT2D eigenvalue weighted by Crippen LogP contribution is 2.37. The molecule has 260 valence electrons. The average molecular weight is 695 g/mol. The smallest absolute Gasteiger partial charge is 0.412 e. The lowest BCUT2D eigenvalue weighted by atomic mass is 9.93. The monoisotopic (exact) mass is 694 g/mol. The summed E-state index contributed by atoms with van der Waals surface area (Å²) >= 11 is 0. The number of rotatable bonds is 9. The largest absolute Gasteiger partial charge is 0.497 e. The van der Waals surface area contributed by atoms with Crippen LogP contribution in [0.1, 0.15) is 59.6 Å². The van der Waals surface area contributed by atoms with Gasteiger partial charge in [0.1, 0.15) is 5.75 Å². The number of nitrogens with zero attached hydrogens (tertiary/aromatic N) is 3. The first-order chi connectivity index (χ1) is 23.4. The topological polar surface area (TPSA) is 91.8 Å². The zero-order chi connectivity index (χ0) is 34.8. The van der Waals surface area contributed by atoms with Gasteiger partial charge < -0.3 is 15.0 Å². The third-order valence-corrected chi connectivity index (χ3v) is 10.8. The number of fused-ring (bicyclic) bond motifs is 1. The van der Waals surface area contributed by atoms with E-state index in [4.69, 9.17) is 9.72 Å². The second-order valence-corrected chi connectivity index (χ2v) is 15.0. The van der Waals surface area contributed by atoms with Crippen molar-refractivity contribution in [2.75, 3.05) is 39.5 Å². The summed E-state index contributed by atoms with van der Waals surface area (Å²) in [7, 11) is -2.17. The number of hydrogen-bond donors (Lipinski definition) is 1. The van der Waals surface area contributed by atoms with E-state index < -0.39 is 28.0 Å². The van der Waals surface area contributed by atoms with Gasteiger partial charge in [0.2, 0.25) is 0 Å². The molecule has 1 unspecified atom stereocenters. The summed E-state index contributed by atoms with van der Waals surface area (Å²) in [5, 5.41) is 2.45. The molecule has 2 aliphatic rings. The first-order valence-corrected chi connectivity index (χ1v) is 18.5. The summed E-state index contributed by atoms with van der Waals surface area (Å²) in [6.07, 6.45) is 1.77. The van der Waals surface area contributed by atoms with E-state index in [1.807, 2.05) is 0 Å². The number of sulfone groups is 1. The van der Waals surface area contributed by atoms with Crippen molar-refractivity contribution < 1.29 is 31.1 Å². The van der Waals surface area contributed by atoms with Crippen molar-refractivity contribution in [3.63, 3.8) is 0 Å². The molecule has 1 amide bonds. The zero-order valence-electron chi connectivity index (χ0n) is 27.7. The van der Waals surface area contributed by atoms with Crippen molar-refractivity contribution in [3.05, 3.63) is 89.5 Å². The highest BCUT2D eigenvalue weighted by Gasteiger charge is 2.42. The zero-order valence-corrected chi connectivity index (χ0v) is 28.5. The van der Waals surface area contributed by atoms with E-state index in [2.05, 4.69) is 15.1 Å². The Balaban J connectivity index is 1.49. The summed E-state index contributed by atoms with van der Waals surface area (Å²) in [5.41, 5.74) is 1.68. The van der Waals surface area contributed by atoms with Crippen molar-refractivity contribution >= 4 is 26.6 Å². The van der Waals surface area contributed by atoms with Gasteiger partial charge in [-0.3, -0.25) is 9.69 Å². The summed E-state index contributed by atoms with van der Waals surface area (Å²) in [5.74, 6) is -0.352. The number of piperidine rings is 2. The van der Waals surface area contributed by atoms with Gasteiger partial charge in [-0.2, -0.15) is 13.2 Å². The minimum atomic E-state index is -4.80. The first-order valence-electron chi connectivity index (χ1n) is 16.6. The highest BCUT2D eigenvalue weighted by molar-refractivity contribution is 7.90. The molecule has 12 heteroatoms. The van der Waals surface area contributed by atoms with Crippen molar-refractivity contribution in [1.82, 2.24) is 20.1 Å². The summed E-state index contributed by atoms with van der Waals surface area (Å²) in [6, 6.07) is 16.8. The number of aromatic nitrogens is 1. The molecule has 3 aromatic carbocycles. The fourth-order valence-electron chi connectivity index (χ4n) is 7.07. The SMILES string of the molecule is COc1ccc(-c2nc3ccc(S(C)(=O)=O)cc3c(C(=O)NC(c3ccccc3)C(F)(F)F)c2CN2CCC(N3CCCCC3)CC2)cc1. The van der Waals surface area contributed by atoms with E-state index in [9.17, 15) is 26.4 Å². The quantitative estimate of drug-likeness (QED) is 0.206. The lowest BCUT2D eigenvalue weighted by molar-refractivity contribution is -0.155. The minimum absolute atomic E-state index is 0.0235. The molecule has 49 heavy (non-hydrogen) atoms. The number of likely N-dealkylation sites (tertiary alicyclic amines) is 2. The third kappa shape index (κ3) is 7.92. The number of pyridine rings is 1. The van der Waals surface area contributed by atoms with E-state index in [0.29, 0.717) is 34.1 Å². The molecule has 3 heterocycles. The lowest BCUT2D eigenvalue weighted by Crippen LogP contribution is -2.46. The van der Waals surface area contributed by atoms with Crippen molar-refractivity contribution in [3.8, 4) is 17.0 Å². The Hall–Kier alpha value is -4.00. The third-order valence-electron chi connectivity index (χ3n) is 9.66. The Labute approximate surface area is 285 Å². The Morgan fingerprint density at radius 3 is 2.24 bits per heavy atom. The Kier molecular flexibility index (Phi) is 10.3. The number of hydrogen-bond acceptors (Lipinski definition) is 7. The number of amides is 1. The Morgan fingerprint density at radius 2 is 1.63 bits per heavy atom. The summed E-state index contributed by atoms with van der Waals surface area (Å²) in [4.78, 5) is 24.1. The predicted molar refractivity (Wildman–Crippen MR) is 183 cm³/mol. The van der Waals surface area contributed by atoms with Gasteiger partial charge in [0, 0.05) is 35.4 Å². The molecule has 0 saturated carbocycles. The van der Waals surface area contributed by atoms with E-state index in [0.717, 1.165) is 45.3 Å². The van der Waals surface area contributed by atoms with Gasteiger partial charge in [0.05, 0.1) is 28.8 Å². The van der Waals surface area contributed by atoms with Crippen LogP contribution in [-0.2, 0) is 16.4 Å². The van der Waals surface area contributed by atoms with Crippen LogP contribution in [0, 0.1) is 0 Å². The maximum Gasteiger partial charge on any atom is 0.412 e. The second-order valence-electron chi connectivity index (χ2n) is 13.0. The molecule has 2 fully saturated rings. The molecule has 0 aliphatic carbocycles. The highest BCUT2D eigenvalue weighted by atomic mass is 32.2. The van der Waals surface area contributed by atoms with E-state index >= 15 is 0 Å². The summed E-state index contributed by atoms with van der Waals surface area (Å²) < 4.78 is 74.4. The van der Waals surface area contributed by atoms with Gasteiger partial charge in [-0.15, -0.1) is 0 Å². The Bertz CT molecular complexity index is 1890. The second kappa shape index (κ2) is 14.5. The molecule has 2 aliphatic heterocycles. The molecular formula is C37H41F3N4O4S. The minimum Gasteiger partial charge on any atom is -0.497 e. The summed E-state index contributed by atoms with van der Waals surface area (Å²) in [6.45, 7) is 3.90. The first kappa shape index (κ1) is 34.8. The van der Waals surface area contributed by atoms with Crippen molar-refractivity contribution in [2.24, 2.45) is 0 Å². The number of carbonyl (C=O) groups is 1. The van der Waals surface area contributed by atoms with Gasteiger partial charge in [0.25, 0.3) is 5.91 Å². The van der Waals surface area contributed by atoms with Crippen molar-refractivity contribution in [1.29, 1.82) is 0 Å². The van der Waals surface area contributed by atoms with Gasteiger partial charge in [-0.25, -0.2) is 13.4 Å². The Morgan fingerprint density at radius 1 is 0.959 bits per heavy atom.